The fourth-order valence-corrected chi connectivity index (χ4v) is 1.11. The normalized spacial score (nSPS) is 12.9. The number of aryl methyl sites for hydroxylation is 1. The van der Waals surface area contributed by atoms with Crippen LogP contribution in [0.5, 0.6) is 0 Å². The second-order valence-corrected chi connectivity index (χ2v) is 2.78. The van der Waals surface area contributed by atoms with Crippen LogP contribution in [0, 0.1) is 6.92 Å². The number of rotatable bonds is 2. The van der Waals surface area contributed by atoms with Crippen molar-refractivity contribution in [1.82, 2.24) is 4.98 Å². The highest BCUT2D eigenvalue weighted by Gasteiger charge is 2.06. The molecule has 1 aromatic rings. The van der Waals surface area contributed by atoms with Crippen molar-refractivity contribution in [2.75, 3.05) is 6.54 Å². The topological polar surface area (TPSA) is 84.9 Å². The summed E-state index contributed by atoms with van der Waals surface area (Å²) in [6.45, 7) is 2.23. The second-order valence-electron chi connectivity index (χ2n) is 2.78. The van der Waals surface area contributed by atoms with E-state index in [2.05, 4.69) is 4.98 Å². The van der Waals surface area contributed by atoms with Crippen molar-refractivity contribution < 1.29 is 0 Å². The molecule has 0 spiro atoms. The molecule has 0 radical (unpaired) electrons. The van der Waals surface area contributed by atoms with Gasteiger partial charge in [0.2, 0.25) is 5.56 Å². The molecule has 0 saturated heterocycles. The lowest BCUT2D eigenvalue weighted by Gasteiger charge is -2.10. The number of H-pyrrole nitrogens is 1. The van der Waals surface area contributed by atoms with E-state index >= 15 is 0 Å². The van der Waals surface area contributed by atoms with Crippen LogP contribution < -0.4 is 17.0 Å². The largest absolute Gasteiger partial charge is 0.329 e. The highest BCUT2D eigenvalue weighted by atomic mass is 16.1. The molecule has 0 aromatic carbocycles. The average Bonchev–Trinajstić information content (AvgIpc) is 2.03. The van der Waals surface area contributed by atoms with Crippen molar-refractivity contribution in [1.29, 1.82) is 0 Å². The standard InChI is InChI=1S/C8H13N3O/c1-5-2-8(12)11-4-6(5)7(10)3-9/h2,4,7H,3,9-10H2,1H3,(H,11,12). The van der Waals surface area contributed by atoms with Gasteiger partial charge >= 0.3 is 0 Å². The second kappa shape index (κ2) is 3.51. The molecular weight excluding hydrogens is 154 g/mol. The Hall–Kier alpha value is -1.13. The van der Waals surface area contributed by atoms with Crippen LogP contribution in [-0.4, -0.2) is 11.5 Å². The Morgan fingerprint density at radius 1 is 1.67 bits per heavy atom. The minimum absolute atomic E-state index is 0.111. The van der Waals surface area contributed by atoms with Gasteiger partial charge in [-0.05, 0) is 18.1 Å². The van der Waals surface area contributed by atoms with Crippen LogP contribution in [-0.2, 0) is 0 Å². The predicted molar refractivity (Wildman–Crippen MR) is 47.8 cm³/mol. The molecular formula is C8H13N3O. The summed E-state index contributed by atoms with van der Waals surface area (Å²) in [6.07, 6.45) is 1.62. The van der Waals surface area contributed by atoms with Crippen molar-refractivity contribution >= 4 is 0 Å². The lowest BCUT2D eigenvalue weighted by molar-refractivity contribution is 0.726. The number of nitrogens with two attached hydrogens (primary N) is 2. The molecule has 0 amide bonds. The molecule has 0 bridgehead atoms. The van der Waals surface area contributed by atoms with Gasteiger partial charge in [0.15, 0.2) is 0 Å². The molecule has 4 nitrogen and oxygen atoms in total. The van der Waals surface area contributed by atoms with Crippen LogP contribution in [0.2, 0.25) is 0 Å². The lowest BCUT2D eigenvalue weighted by Crippen LogP contribution is -2.23. The summed E-state index contributed by atoms with van der Waals surface area (Å²) in [5, 5.41) is 0. The monoisotopic (exact) mass is 167 g/mol. The van der Waals surface area contributed by atoms with E-state index in [4.69, 9.17) is 11.5 Å². The zero-order valence-corrected chi connectivity index (χ0v) is 7.00. The first-order chi connectivity index (χ1) is 5.65. The van der Waals surface area contributed by atoms with E-state index in [1.54, 1.807) is 6.20 Å². The summed E-state index contributed by atoms with van der Waals surface area (Å²) >= 11 is 0. The molecule has 66 valence electrons. The Kier molecular flexibility index (Phi) is 2.62. The van der Waals surface area contributed by atoms with Crippen molar-refractivity contribution in [2.24, 2.45) is 11.5 Å². The average molecular weight is 167 g/mol. The summed E-state index contributed by atoms with van der Waals surface area (Å²) in [6, 6.07) is 1.33. The van der Waals surface area contributed by atoms with E-state index in [0.717, 1.165) is 11.1 Å². The van der Waals surface area contributed by atoms with Crippen LogP contribution in [0.15, 0.2) is 17.1 Å². The van der Waals surface area contributed by atoms with Crippen LogP contribution >= 0.6 is 0 Å². The van der Waals surface area contributed by atoms with E-state index < -0.39 is 0 Å². The van der Waals surface area contributed by atoms with Crippen LogP contribution in [0.1, 0.15) is 17.2 Å². The summed E-state index contributed by atoms with van der Waals surface area (Å²) in [5.74, 6) is 0. The third-order valence-electron chi connectivity index (χ3n) is 1.83. The number of nitrogens with one attached hydrogen (secondary N) is 1. The van der Waals surface area contributed by atoms with Crippen molar-refractivity contribution in [3.63, 3.8) is 0 Å². The van der Waals surface area contributed by atoms with Crippen molar-refractivity contribution in [3.05, 3.63) is 33.7 Å². The number of aromatic nitrogens is 1. The first kappa shape index (κ1) is 8.96. The maximum absolute atomic E-state index is 10.8. The molecule has 1 rings (SSSR count). The molecule has 5 N–H and O–H groups in total. The van der Waals surface area contributed by atoms with Crippen LogP contribution in [0.25, 0.3) is 0 Å². The molecule has 0 aliphatic heterocycles. The molecule has 12 heavy (non-hydrogen) atoms. The van der Waals surface area contributed by atoms with Gasteiger partial charge in [0.05, 0.1) is 0 Å². The van der Waals surface area contributed by atoms with Gasteiger partial charge in [-0.1, -0.05) is 0 Å². The Morgan fingerprint density at radius 3 is 2.83 bits per heavy atom. The molecule has 1 heterocycles. The number of hydrogen-bond donors (Lipinski definition) is 3. The minimum Gasteiger partial charge on any atom is -0.329 e. The number of pyridine rings is 1. The van der Waals surface area contributed by atoms with Gasteiger partial charge in [-0.25, -0.2) is 0 Å². The van der Waals surface area contributed by atoms with Gasteiger partial charge in [-0.15, -0.1) is 0 Å². The Balaban J connectivity index is 3.09. The summed E-state index contributed by atoms with van der Waals surface area (Å²) in [5.41, 5.74) is 12.8. The maximum Gasteiger partial charge on any atom is 0.248 e. The minimum atomic E-state index is -0.193. The van der Waals surface area contributed by atoms with Gasteiger partial charge in [-0.3, -0.25) is 4.79 Å². The molecule has 1 atom stereocenters. The first-order valence-electron chi connectivity index (χ1n) is 3.80. The number of hydrogen-bond acceptors (Lipinski definition) is 3. The third kappa shape index (κ3) is 1.72. The molecule has 1 unspecified atom stereocenters. The molecule has 0 aliphatic rings. The molecule has 4 heteroatoms. The predicted octanol–water partition coefficient (Wildman–Crippen LogP) is -0.358. The van der Waals surface area contributed by atoms with E-state index in [9.17, 15) is 4.79 Å². The van der Waals surface area contributed by atoms with Gasteiger partial charge in [0, 0.05) is 24.8 Å². The summed E-state index contributed by atoms with van der Waals surface area (Å²) in [7, 11) is 0. The molecule has 0 aliphatic carbocycles. The Bertz CT molecular complexity index is 318. The molecule has 0 fully saturated rings. The highest BCUT2D eigenvalue weighted by molar-refractivity contribution is 5.24. The van der Waals surface area contributed by atoms with Gasteiger partial charge in [0.1, 0.15) is 0 Å². The quantitative estimate of drug-likeness (QED) is 0.562. The fourth-order valence-electron chi connectivity index (χ4n) is 1.11. The van der Waals surface area contributed by atoms with E-state index in [1.807, 2.05) is 6.92 Å². The smallest absolute Gasteiger partial charge is 0.248 e. The van der Waals surface area contributed by atoms with Gasteiger partial charge in [0.25, 0.3) is 0 Å². The van der Waals surface area contributed by atoms with E-state index in [-0.39, 0.29) is 11.6 Å². The number of aromatic amines is 1. The Labute approximate surface area is 70.6 Å². The SMILES string of the molecule is Cc1cc(=O)[nH]cc1C(N)CN. The molecule has 1 aromatic heterocycles. The molecule has 0 saturated carbocycles. The van der Waals surface area contributed by atoms with Crippen LogP contribution in [0.3, 0.4) is 0 Å². The van der Waals surface area contributed by atoms with Crippen molar-refractivity contribution in [2.45, 2.75) is 13.0 Å². The zero-order chi connectivity index (χ0) is 9.14. The summed E-state index contributed by atoms with van der Waals surface area (Å²) < 4.78 is 0. The Morgan fingerprint density at radius 2 is 2.33 bits per heavy atom. The third-order valence-corrected chi connectivity index (χ3v) is 1.83. The van der Waals surface area contributed by atoms with Crippen molar-refractivity contribution in [3.8, 4) is 0 Å². The van der Waals surface area contributed by atoms with E-state index in [1.165, 1.54) is 6.07 Å². The lowest BCUT2D eigenvalue weighted by atomic mass is 10.1. The van der Waals surface area contributed by atoms with E-state index in [0.29, 0.717) is 6.54 Å². The summed E-state index contributed by atoms with van der Waals surface area (Å²) in [4.78, 5) is 13.4. The first-order valence-corrected chi connectivity index (χ1v) is 3.80. The van der Waals surface area contributed by atoms with Gasteiger partial charge < -0.3 is 16.5 Å². The maximum atomic E-state index is 10.8. The fraction of sp³-hybridized carbons (Fsp3) is 0.375. The highest BCUT2D eigenvalue weighted by Crippen LogP contribution is 2.10. The van der Waals surface area contributed by atoms with Gasteiger partial charge in [-0.2, -0.15) is 0 Å². The zero-order valence-electron chi connectivity index (χ0n) is 7.00. The van der Waals surface area contributed by atoms with Crippen LogP contribution in [0.4, 0.5) is 0 Å².